The van der Waals surface area contributed by atoms with E-state index in [0.29, 0.717) is 6.10 Å². The number of epoxide rings is 1. The Hall–Kier alpha value is -0.300. The zero-order valence-electron chi connectivity index (χ0n) is 5.48. The number of ether oxygens (including phenoxy) is 1. The van der Waals surface area contributed by atoms with Gasteiger partial charge in [-0.05, 0) is 20.3 Å². The molecule has 1 saturated heterocycles. The van der Waals surface area contributed by atoms with E-state index in [-0.39, 0.29) is 5.60 Å². The van der Waals surface area contributed by atoms with Gasteiger partial charge < -0.3 is 4.74 Å². The molecule has 2 unspecified atom stereocenters. The monoisotopic (exact) mass is 112 g/mol. The molecule has 0 aromatic heterocycles. The first kappa shape index (κ1) is 5.83. The highest BCUT2D eigenvalue weighted by atomic mass is 16.6. The minimum atomic E-state index is 0.141. The summed E-state index contributed by atoms with van der Waals surface area (Å²) in [7, 11) is 0. The number of rotatable bonds is 2. The van der Waals surface area contributed by atoms with E-state index in [1.807, 2.05) is 6.08 Å². The first-order valence-electron chi connectivity index (χ1n) is 2.98. The molecule has 8 heavy (non-hydrogen) atoms. The molecule has 0 radical (unpaired) electrons. The molecule has 1 aliphatic rings. The van der Waals surface area contributed by atoms with E-state index in [0.717, 1.165) is 6.42 Å². The van der Waals surface area contributed by atoms with Crippen molar-refractivity contribution in [3.8, 4) is 0 Å². The van der Waals surface area contributed by atoms with E-state index in [1.165, 1.54) is 0 Å². The van der Waals surface area contributed by atoms with Gasteiger partial charge in [-0.15, -0.1) is 6.58 Å². The molecule has 0 bridgehead atoms. The highest BCUT2D eigenvalue weighted by Gasteiger charge is 2.47. The van der Waals surface area contributed by atoms with Gasteiger partial charge in [0.1, 0.15) is 0 Å². The molecule has 0 aromatic carbocycles. The molecular weight excluding hydrogens is 100 g/mol. The van der Waals surface area contributed by atoms with E-state index in [9.17, 15) is 0 Å². The van der Waals surface area contributed by atoms with Crippen molar-refractivity contribution in [2.45, 2.75) is 32.0 Å². The van der Waals surface area contributed by atoms with Crippen LogP contribution in [0.15, 0.2) is 12.7 Å². The lowest BCUT2D eigenvalue weighted by molar-refractivity contribution is 0.313. The summed E-state index contributed by atoms with van der Waals surface area (Å²) in [6, 6.07) is 0. The largest absolute Gasteiger partial charge is 0.366 e. The summed E-state index contributed by atoms with van der Waals surface area (Å²) in [5, 5.41) is 0. The molecule has 0 N–H and O–H groups in total. The van der Waals surface area contributed by atoms with Crippen molar-refractivity contribution in [3.05, 3.63) is 12.7 Å². The number of hydrogen-bond donors (Lipinski definition) is 0. The Bertz CT molecular complexity index is 109. The highest BCUT2D eigenvalue weighted by molar-refractivity contribution is 5.00. The van der Waals surface area contributed by atoms with Crippen molar-refractivity contribution < 1.29 is 4.74 Å². The first-order valence-corrected chi connectivity index (χ1v) is 2.98. The Morgan fingerprint density at radius 3 is 2.50 bits per heavy atom. The maximum Gasteiger partial charge on any atom is 0.0951 e. The molecule has 1 nitrogen and oxygen atoms in total. The van der Waals surface area contributed by atoms with Gasteiger partial charge in [0.15, 0.2) is 0 Å². The van der Waals surface area contributed by atoms with E-state index in [4.69, 9.17) is 4.74 Å². The summed E-state index contributed by atoms with van der Waals surface area (Å²) in [6.07, 6.45) is 3.33. The van der Waals surface area contributed by atoms with Crippen molar-refractivity contribution in [2.24, 2.45) is 0 Å². The van der Waals surface area contributed by atoms with Gasteiger partial charge in [0.25, 0.3) is 0 Å². The van der Waals surface area contributed by atoms with Gasteiger partial charge in [0.05, 0.1) is 11.7 Å². The SMILES string of the molecule is C=CCC1(C)OC1C. The fraction of sp³-hybridized carbons (Fsp3) is 0.714. The standard InChI is InChI=1S/C7H12O/c1-4-5-7(3)6(2)8-7/h4,6H,1,5H2,2-3H3. The van der Waals surface area contributed by atoms with E-state index < -0.39 is 0 Å². The molecule has 0 spiro atoms. The quantitative estimate of drug-likeness (QED) is 0.391. The van der Waals surface area contributed by atoms with Crippen LogP contribution in [0.1, 0.15) is 20.3 Å². The normalized spacial score (nSPS) is 44.0. The summed E-state index contributed by atoms with van der Waals surface area (Å²) in [4.78, 5) is 0. The van der Waals surface area contributed by atoms with E-state index in [1.54, 1.807) is 0 Å². The Morgan fingerprint density at radius 2 is 2.38 bits per heavy atom. The Balaban J connectivity index is 2.35. The smallest absolute Gasteiger partial charge is 0.0951 e. The molecule has 1 rings (SSSR count). The minimum absolute atomic E-state index is 0.141. The zero-order valence-corrected chi connectivity index (χ0v) is 5.48. The molecule has 0 aromatic rings. The van der Waals surface area contributed by atoms with Crippen LogP contribution in [0.3, 0.4) is 0 Å². The summed E-state index contributed by atoms with van der Waals surface area (Å²) >= 11 is 0. The van der Waals surface area contributed by atoms with E-state index >= 15 is 0 Å². The molecule has 1 heteroatoms. The lowest BCUT2D eigenvalue weighted by Crippen LogP contribution is -2.04. The maximum atomic E-state index is 5.27. The predicted octanol–water partition coefficient (Wildman–Crippen LogP) is 1.74. The summed E-state index contributed by atoms with van der Waals surface area (Å²) in [5.41, 5.74) is 0.141. The summed E-state index contributed by atoms with van der Waals surface area (Å²) in [5.74, 6) is 0. The van der Waals surface area contributed by atoms with E-state index in [2.05, 4.69) is 20.4 Å². The van der Waals surface area contributed by atoms with Gasteiger partial charge in [-0.2, -0.15) is 0 Å². The van der Waals surface area contributed by atoms with Crippen molar-refractivity contribution in [1.29, 1.82) is 0 Å². The second-order valence-corrected chi connectivity index (χ2v) is 2.57. The van der Waals surface area contributed by atoms with Crippen molar-refractivity contribution in [2.75, 3.05) is 0 Å². The maximum absolute atomic E-state index is 5.27. The molecule has 1 aliphatic heterocycles. The van der Waals surface area contributed by atoms with Crippen molar-refractivity contribution in [1.82, 2.24) is 0 Å². The third-order valence-electron chi connectivity index (χ3n) is 1.80. The second-order valence-electron chi connectivity index (χ2n) is 2.57. The lowest BCUT2D eigenvalue weighted by atomic mass is 10.1. The summed E-state index contributed by atoms with van der Waals surface area (Å²) in [6.45, 7) is 7.84. The summed E-state index contributed by atoms with van der Waals surface area (Å²) < 4.78 is 5.27. The third-order valence-corrected chi connectivity index (χ3v) is 1.80. The third kappa shape index (κ3) is 0.781. The number of hydrogen-bond acceptors (Lipinski definition) is 1. The second kappa shape index (κ2) is 1.59. The fourth-order valence-corrected chi connectivity index (χ4v) is 0.870. The predicted molar refractivity (Wildman–Crippen MR) is 33.8 cm³/mol. The topological polar surface area (TPSA) is 12.5 Å². The van der Waals surface area contributed by atoms with Gasteiger partial charge in [-0.3, -0.25) is 0 Å². The molecular formula is C7H12O. The molecule has 1 heterocycles. The minimum Gasteiger partial charge on any atom is -0.366 e. The van der Waals surface area contributed by atoms with Gasteiger partial charge in [-0.25, -0.2) is 0 Å². The van der Waals surface area contributed by atoms with Crippen LogP contribution in [0.5, 0.6) is 0 Å². The lowest BCUT2D eigenvalue weighted by Gasteiger charge is -1.96. The average molecular weight is 112 g/mol. The highest BCUT2D eigenvalue weighted by Crippen LogP contribution is 2.38. The van der Waals surface area contributed by atoms with Gasteiger partial charge in [0, 0.05) is 0 Å². The van der Waals surface area contributed by atoms with Gasteiger partial charge in [0.2, 0.25) is 0 Å². The molecule has 1 fully saturated rings. The van der Waals surface area contributed by atoms with Crippen molar-refractivity contribution >= 4 is 0 Å². The molecule has 46 valence electrons. The van der Waals surface area contributed by atoms with Gasteiger partial charge in [-0.1, -0.05) is 6.08 Å². The van der Waals surface area contributed by atoms with Crippen molar-refractivity contribution in [3.63, 3.8) is 0 Å². The van der Waals surface area contributed by atoms with Crippen LogP contribution in [-0.2, 0) is 4.74 Å². The fourth-order valence-electron chi connectivity index (χ4n) is 0.870. The van der Waals surface area contributed by atoms with Crippen LogP contribution in [0.2, 0.25) is 0 Å². The Morgan fingerprint density at radius 1 is 1.88 bits per heavy atom. The first-order chi connectivity index (χ1) is 3.69. The Labute approximate surface area is 50.3 Å². The van der Waals surface area contributed by atoms with Crippen LogP contribution in [0.4, 0.5) is 0 Å². The van der Waals surface area contributed by atoms with Crippen LogP contribution in [0.25, 0.3) is 0 Å². The van der Waals surface area contributed by atoms with Gasteiger partial charge >= 0.3 is 0 Å². The average Bonchev–Trinajstić information content (AvgIpc) is 2.16. The molecule has 0 saturated carbocycles. The van der Waals surface area contributed by atoms with Crippen LogP contribution in [0, 0.1) is 0 Å². The molecule has 0 amide bonds. The molecule has 0 aliphatic carbocycles. The molecule has 2 atom stereocenters. The van der Waals surface area contributed by atoms with Crippen LogP contribution in [-0.4, -0.2) is 11.7 Å². The van der Waals surface area contributed by atoms with Crippen LogP contribution < -0.4 is 0 Å². The van der Waals surface area contributed by atoms with Crippen LogP contribution >= 0.6 is 0 Å². The Kier molecular flexibility index (Phi) is 1.16. The zero-order chi connectivity index (χ0) is 6.20.